The molecule has 0 aliphatic carbocycles. The third kappa shape index (κ3) is 9.13. The van der Waals surface area contributed by atoms with Gasteiger partial charge in [-0.2, -0.15) is 5.26 Å². The largest absolute Gasteiger partial charge is 0.352 e. The van der Waals surface area contributed by atoms with Crippen LogP contribution in [0.25, 0.3) is 0 Å². The molecule has 0 aromatic heterocycles. The van der Waals surface area contributed by atoms with Gasteiger partial charge >= 0.3 is 0 Å². The number of amides is 1. The van der Waals surface area contributed by atoms with Crippen LogP contribution in [0.4, 0.5) is 0 Å². The van der Waals surface area contributed by atoms with Crippen LogP contribution in [0.15, 0.2) is 24.3 Å². The Bertz CT molecular complexity index is 353. The summed E-state index contributed by atoms with van der Waals surface area (Å²) in [7, 11) is 0. The second-order valence-corrected chi connectivity index (χ2v) is 2.72. The van der Waals surface area contributed by atoms with Gasteiger partial charge < -0.3 is 5.32 Å². The summed E-state index contributed by atoms with van der Waals surface area (Å²) < 4.78 is 0. The van der Waals surface area contributed by atoms with Crippen LogP contribution < -0.4 is 5.32 Å². The number of carbonyl (C=O) groups excluding carboxylic acids is 1. The zero-order valence-corrected chi connectivity index (χ0v) is 11.4. The van der Waals surface area contributed by atoms with Crippen LogP contribution in [-0.4, -0.2) is 5.91 Å². The Hall–Kier alpha value is -1.82. The van der Waals surface area contributed by atoms with Crippen LogP contribution >= 0.6 is 0 Å². The van der Waals surface area contributed by atoms with Gasteiger partial charge in [-0.25, -0.2) is 0 Å². The average molecular weight is 234 g/mol. The Balaban J connectivity index is 0. The van der Waals surface area contributed by atoms with Gasteiger partial charge in [-0.1, -0.05) is 39.8 Å². The summed E-state index contributed by atoms with van der Waals surface area (Å²) in [6, 6.07) is 9.21. The van der Waals surface area contributed by atoms with Crippen LogP contribution in [-0.2, 0) is 11.3 Å². The molecule has 0 aliphatic heterocycles. The van der Waals surface area contributed by atoms with Gasteiger partial charge in [0.25, 0.3) is 0 Å². The van der Waals surface area contributed by atoms with E-state index in [1.807, 2.05) is 39.8 Å². The minimum absolute atomic E-state index is 0.0673. The van der Waals surface area contributed by atoms with E-state index in [1.165, 1.54) is 6.92 Å². The number of hydrogen-bond acceptors (Lipinski definition) is 2. The summed E-state index contributed by atoms with van der Waals surface area (Å²) in [4.78, 5) is 10.6. The number of nitrogens with one attached hydrogen (secondary N) is 1. The number of nitriles is 1. The van der Waals surface area contributed by atoms with Crippen molar-refractivity contribution in [1.82, 2.24) is 5.32 Å². The first-order chi connectivity index (χ1) is 8.22. The summed E-state index contributed by atoms with van der Waals surface area (Å²) >= 11 is 0. The Morgan fingerprint density at radius 3 is 2.35 bits per heavy atom. The molecule has 1 aromatic rings. The lowest BCUT2D eigenvalue weighted by atomic mass is 10.1. The highest BCUT2D eigenvalue weighted by atomic mass is 16.1. The molecule has 0 saturated heterocycles. The quantitative estimate of drug-likeness (QED) is 0.854. The van der Waals surface area contributed by atoms with Crippen molar-refractivity contribution in [1.29, 1.82) is 5.26 Å². The maximum atomic E-state index is 10.6. The van der Waals surface area contributed by atoms with E-state index in [0.717, 1.165) is 5.56 Å². The number of hydrogen-bond donors (Lipinski definition) is 1. The van der Waals surface area contributed by atoms with Crippen LogP contribution in [0.5, 0.6) is 0 Å². The molecular formula is C14H22N2O. The minimum atomic E-state index is -0.0673. The molecule has 3 nitrogen and oxygen atoms in total. The normalized spacial score (nSPS) is 7.53. The maximum absolute atomic E-state index is 10.6. The molecule has 0 atom stereocenters. The van der Waals surface area contributed by atoms with Gasteiger partial charge in [-0.3, -0.25) is 4.79 Å². The summed E-state index contributed by atoms with van der Waals surface area (Å²) in [6.45, 7) is 9.94. The van der Waals surface area contributed by atoms with Crippen LogP contribution in [0.3, 0.4) is 0 Å². The third-order valence-corrected chi connectivity index (χ3v) is 1.60. The fraction of sp³-hybridized carbons (Fsp3) is 0.429. The van der Waals surface area contributed by atoms with E-state index >= 15 is 0 Å². The highest BCUT2D eigenvalue weighted by Crippen LogP contribution is 2.03. The van der Waals surface area contributed by atoms with E-state index in [4.69, 9.17) is 5.26 Å². The molecule has 3 heteroatoms. The van der Waals surface area contributed by atoms with Gasteiger partial charge in [0, 0.05) is 13.5 Å². The smallest absolute Gasteiger partial charge is 0.217 e. The highest BCUT2D eigenvalue weighted by molar-refractivity contribution is 5.72. The molecule has 0 heterocycles. The fourth-order valence-corrected chi connectivity index (χ4v) is 0.977. The summed E-state index contributed by atoms with van der Waals surface area (Å²) in [5.41, 5.74) is 1.55. The van der Waals surface area contributed by atoms with E-state index in [9.17, 15) is 4.79 Å². The van der Waals surface area contributed by atoms with Gasteiger partial charge in [0.05, 0.1) is 11.6 Å². The molecular weight excluding hydrogens is 212 g/mol. The first-order valence-electron chi connectivity index (χ1n) is 5.96. The summed E-state index contributed by atoms with van der Waals surface area (Å²) in [5, 5.41) is 11.3. The minimum Gasteiger partial charge on any atom is -0.352 e. The zero-order chi connectivity index (χ0) is 13.7. The molecule has 17 heavy (non-hydrogen) atoms. The molecule has 1 N–H and O–H groups in total. The molecule has 0 fully saturated rings. The number of rotatable bonds is 2. The Kier molecular flexibility index (Phi) is 12.7. The van der Waals surface area contributed by atoms with Gasteiger partial charge in [0.2, 0.25) is 5.91 Å². The zero-order valence-electron chi connectivity index (χ0n) is 11.4. The Morgan fingerprint density at radius 2 is 1.88 bits per heavy atom. The molecule has 0 bridgehead atoms. The molecule has 1 amide bonds. The molecule has 94 valence electrons. The van der Waals surface area contributed by atoms with Crippen LogP contribution in [0, 0.1) is 11.3 Å². The highest BCUT2D eigenvalue weighted by Gasteiger charge is 1.95. The molecule has 0 spiro atoms. The van der Waals surface area contributed by atoms with E-state index in [1.54, 1.807) is 18.2 Å². The van der Waals surface area contributed by atoms with E-state index in [0.29, 0.717) is 12.1 Å². The Morgan fingerprint density at radius 1 is 1.29 bits per heavy atom. The van der Waals surface area contributed by atoms with Crippen molar-refractivity contribution in [2.75, 3.05) is 0 Å². The molecule has 0 unspecified atom stereocenters. The predicted octanol–water partition coefficient (Wildman–Crippen LogP) is 3.25. The first-order valence-corrected chi connectivity index (χ1v) is 5.96. The lowest BCUT2D eigenvalue weighted by molar-refractivity contribution is -0.119. The SMILES string of the molecule is CC.CC.CC(=O)NCc1cccc(C#N)c1. The third-order valence-electron chi connectivity index (χ3n) is 1.60. The molecule has 1 rings (SSSR count). The van der Waals surface area contributed by atoms with Crippen molar-refractivity contribution >= 4 is 5.91 Å². The van der Waals surface area contributed by atoms with Crippen molar-refractivity contribution in [3.63, 3.8) is 0 Å². The number of carbonyl (C=O) groups is 1. The fourth-order valence-electron chi connectivity index (χ4n) is 0.977. The van der Waals surface area contributed by atoms with Crippen molar-refractivity contribution in [3.05, 3.63) is 35.4 Å². The molecule has 0 aliphatic rings. The summed E-state index contributed by atoms with van der Waals surface area (Å²) in [5.74, 6) is -0.0673. The first kappa shape index (κ1) is 17.6. The van der Waals surface area contributed by atoms with Crippen molar-refractivity contribution in [3.8, 4) is 6.07 Å². The Labute approximate surface area is 104 Å². The second kappa shape index (κ2) is 12.3. The summed E-state index contributed by atoms with van der Waals surface area (Å²) in [6.07, 6.45) is 0. The standard InChI is InChI=1S/C10H10N2O.2C2H6/c1-8(13)12-7-10-4-2-3-9(5-10)6-11;2*1-2/h2-5H,7H2,1H3,(H,12,13);2*1-2H3. The number of benzene rings is 1. The van der Waals surface area contributed by atoms with Gasteiger partial charge in [-0.05, 0) is 17.7 Å². The topological polar surface area (TPSA) is 52.9 Å². The van der Waals surface area contributed by atoms with Crippen molar-refractivity contribution < 1.29 is 4.79 Å². The average Bonchev–Trinajstić information content (AvgIpc) is 2.41. The van der Waals surface area contributed by atoms with Gasteiger partial charge in [0.1, 0.15) is 0 Å². The lowest BCUT2D eigenvalue weighted by Crippen LogP contribution is -2.18. The molecule has 0 saturated carbocycles. The van der Waals surface area contributed by atoms with Gasteiger partial charge in [0.15, 0.2) is 0 Å². The van der Waals surface area contributed by atoms with Crippen LogP contribution in [0.1, 0.15) is 45.7 Å². The van der Waals surface area contributed by atoms with Gasteiger partial charge in [-0.15, -0.1) is 0 Å². The monoisotopic (exact) mass is 234 g/mol. The van der Waals surface area contributed by atoms with Crippen molar-refractivity contribution in [2.45, 2.75) is 41.2 Å². The molecule has 0 radical (unpaired) electrons. The molecule has 1 aromatic carbocycles. The second-order valence-electron chi connectivity index (χ2n) is 2.72. The van der Waals surface area contributed by atoms with E-state index in [-0.39, 0.29) is 5.91 Å². The maximum Gasteiger partial charge on any atom is 0.217 e. The van der Waals surface area contributed by atoms with Crippen LogP contribution in [0.2, 0.25) is 0 Å². The number of nitrogens with zero attached hydrogens (tertiary/aromatic N) is 1. The lowest BCUT2D eigenvalue weighted by Gasteiger charge is -2.01. The predicted molar refractivity (Wildman–Crippen MR) is 71.4 cm³/mol. The van der Waals surface area contributed by atoms with E-state index in [2.05, 4.69) is 5.32 Å². The van der Waals surface area contributed by atoms with E-state index < -0.39 is 0 Å². The van der Waals surface area contributed by atoms with Crippen molar-refractivity contribution in [2.24, 2.45) is 0 Å².